The summed E-state index contributed by atoms with van der Waals surface area (Å²) in [5, 5.41) is 18.7. The monoisotopic (exact) mass is 274 g/mol. The van der Waals surface area contributed by atoms with Gasteiger partial charge in [0, 0.05) is 12.6 Å². The maximum absolute atomic E-state index is 10.0. The fourth-order valence-corrected chi connectivity index (χ4v) is 2.70. The molecule has 0 saturated heterocycles. The van der Waals surface area contributed by atoms with Gasteiger partial charge in [-0.2, -0.15) is 5.26 Å². The average Bonchev–Trinajstić information content (AvgIpc) is 2.48. The summed E-state index contributed by atoms with van der Waals surface area (Å²) >= 11 is 0. The molecule has 1 fully saturated rings. The average molecular weight is 274 g/mol. The highest BCUT2D eigenvalue weighted by atomic mass is 16.5. The lowest BCUT2D eigenvalue weighted by atomic mass is 9.92. The van der Waals surface area contributed by atoms with E-state index in [2.05, 4.69) is 11.0 Å². The van der Waals surface area contributed by atoms with Crippen LogP contribution < -0.4 is 4.74 Å². The molecule has 4 heteroatoms. The number of hydrogen-bond acceptors (Lipinski definition) is 4. The maximum Gasteiger partial charge on any atom is 0.119 e. The van der Waals surface area contributed by atoms with Crippen LogP contribution in [0, 0.1) is 11.3 Å². The van der Waals surface area contributed by atoms with Crippen LogP contribution >= 0.6 is 0 Å². The molecule has 0 spiro atoms. The normalized spacial score (nSPS) is 22.5. The number of ether oxygens (including phenoxy) is 1. The molecule has 1 N–H and O–H groups in total. The number of likely N-dealkylation sites (N-methyl/N-ethyl adjacent to an activating group) is 1. The van der Waals surface area contributed by atoms with E-state index in [4.69, 9.17) is 10.00 Å². The third kappa shape index (κ3) is 3.96. The van der Waals surface area contributed by atoms with Gasteiger partial charge in [0.05, 0.1) is 17.7 Å². The molecule has 20 heavy (non-hydrogen) atoms. The van der Waals surface area contributed by atoms with E-state index in [0.29, 0.717) is 12.2 Å². The van der Waals surface area contributed by atoms with Crippen LogP contribution in [0.1, 0.15) is 31.2 Å². The number of benzene rings is 1. The largest absolute Gasteiger partial charge is 0.492 e. The summed E-state index contributed by atoms with van der Waals surface area (Å²) in [5.74, 6) is 0.779. The number of hydrogen-bond donors (Lipinski definition) is 1. The smallest absolute Gasteiger partial charge is 0.119 e. The summed E-state index contributed by atoms with van der Waals surface area (Å²) in [6.45, 7) is 1.38. The molecule has 1 saturated carbocycles. The minimum Gasteiger partial charge on any atom is -0.492 e. The van der Waals surface area contributed by atoms with Crippen molar-refractivity contribution in [2.45, 2.75) is 37.8 Å². The van der Waals surface area contributed by atoms with Crippen molar-refractivity contribution >= 4 is 0 Å². The van der Waals surface area contributed by atoms with Crippen LogP contribution in [-0.4, -0.2) is 42.4 Å². The summed E-state index contributed by atoms with van der Waals surface area (Å²) in [6, 6.07) is 9.48. The van der Waals surface area contributed by atoms with Gasteiger partial charge in [0.25, 0.3) is 0 Å². The summed E-state index contributed by atoms with van der Waals surface area (Å²) < 4.78 is 5.67. The van der Waals surface area contributed by atoms with E-state index in [-0.39, 0.29) is 12.1 Å². The first-order chi connectivity index (χ1) is 9.70. The first kappa shape index (κ1) is 14.8. The molecule has 1 aromatic rings. The van der Waals surface area contributed by atoms with E-state index in [0.717, 1.165) is 31.6 Å². The maximum atomic E-state index is 10.0. The van der Waals surface area contributed by atoms with Crippen LogP contribution in [0.4, 0.5) is 0 Å². The minimum absolute atomic E-state index is 0.205. The lowest BCUT2D eigenvalue weighted by Crippen LogP contribution is -2.44. The second kappa shape index (κ2) is 7.28. The van der Waals surface area contributed by atoms with Gasteiger partial charge in [-0.15, -0.1) is 0 Å². The Morgan fingerprint density at radius 1 is 1.30 bits per heavy atom. The Bertz CT molecular complexity index is 453. The quantitative estimate of drug-likeness (QED) is 0.894. The molecule has 0 bridgehead atoms. The fraction of sp³-hybridized carbons (Fsp3) is 0.562. The summed E-state index contributed by atoms with van der Waals surface area (Å²) in [7, 11) is 2.04. The zero-order chi connectivity index (χ0) is 14.4. The summed E-state index contributed by atoms with van der Waals surface area (Å²) in [4.78, 5) is 2.19. The minimum atomic E-state index is -0.205. The van der Waals surface area contributed by atoms with Gasteiger partial charge in [0.1, 0.15) is 12.4 Å². The Balaban J connectivity index is 1.75. The Morgan fingerprint density at radius 2 is 2.00 bits per heavy atom. The highest BCUT2D eigenvalue weighted by Gasteiger charge is 2.26. The number of rotatable bonds is 5. The number of nitriles is 1. The third-order valence-electron chi connectivity index (χ3n) is 3.96. The molecule has 4 nitrogen and oxygen atoms in total. The third-order valence-corrected chi connectivity index (χ3v) is 3.96. The Kier molecular flexibility index (Phi) is 5.40. The van der Waals surface area contributed by atoms with Crippen molar-refractivity contribution < 1.29 is 9.84 Å². The summed E-state index contributed by atoms with van der Waals surface area (Å²) in [5.41, 5.74) is 0.639. The first-order valence-corrected chi connectivity index (χ1v) is 7.22. The van der Waals surface area contributed by atoms with Crippen molar-refractivity contribution in [3.8, 4) is 11.8 Å². The van der Waals surface area contributed by atoms with Crippen molar-refractivity contribution in [1.82, 2.24) is 4.90 Å². The predicted octanol–water partition coefficient (Wildman–Crippen LogP) is 2.17. The van der Waals surface area contributed by atoms with Gasteiger partial charge in [-0.1, -0.05) is 12.8 Å². The lowest BCUT2D eigenvalue weighted by Gasteiger charge is -2.35. The van der Waals surface area contributed by atoms with Crippen LogP contribution in [-0.2, 0) is 0 Å². The topological polar surface area (TPSA) is 56.5 Å². The molecule has 108 valence electrons. The predicted molar refractivity (Wildman–Crippen MR) is 77.5 cm³/mol. The van der Waals surface area contributed by atoms with Gasteiger partial charge >= 0.3 is 0 Å². The molecule has 1 aliphatic rings. The van der Waals surface area contributed by atoms with Gasteiger partial charge in [-0.25, -0.2) is 0 Å². The number of aliphatic hydroxyl groups is 1. The van der Waals surface area contributed by atoms with E-state index >= 15 is 0 Å². The van der Waals surface area contributed by atoms with Crippen LogP contribution in [0.25, 0.3) is 0 Å². The van der Waals surface area contributed by atoms with E-state index in [1.165, 1.54) is 6.42 Å². The van der Waals surface area contributed by atoms with E-state index in [1.807, 2.05) is 19.2 Å². The van der Waals surface area contributed by atoms with Crippen molar-refractivity contribution in [3.63, 3.8) is 0 Å². The Hall–Kier alpha value is -1.57. The van der Waals surface area contributed by atoms with Crippen LogP contribution in [0.2, 0.25) is 0 Å². The van der Waals surface area contributed by atoms with Gasteiger partial charge in [0.15, 0.2) is 0 Å². The zero-order valence-corrected chi connectivity index (χ0v) is 12.0. The van der Waals surface area contributed by atoms with Crippen molar-refractivity contribution in [2.24, 2.45) is 0 Å². The Labute approximate surface area is 120 Å². The first-order valence-electron chi connectivity index (χ1n) is 7.22. The van der Waals surface area contributed by atoms with Crippen molar-refractivity contribution in [3.05, 3.63) is 29.8 Å². The van der Waals surface area contributed by atoms with Crippen LogP contribution in [0.15, 0.2) is 24.3 Å². The highest BCUT2D eigenvalue weighted by molar-refractivity contribution is 5.34. The molecule has 0 aromatic heterocycles. The van der Waals surface area contributed by atoms with Crippen LogP contribution in [0.5, 0.6) is 5.75 Å². The molecular weight excluding hydrogens is 252 g/mol. The number of aliphatic hydroxyl groups excluding tert-OH is 1. The molecule has 2 rings (SSSR count). The molecule has 1 aliphatic carbocycles. The van der Waals surface area contributed by atoms with Gasteiger partial charge in [0.2, 0.25) is 0 Å². The fourth-order valence-electron chi connectivity index (χ4n) is 2.70. The van der Waals surface area contributed by atoms with Crippen LogP contribution in [0.3, 0.4) is 0 Å². The molecule has 2 atom stereocenters. The molecule has 0 heterocycles. The molecule has 0 aliphatic heterocycles. The van der Waals surface area contributed by atoms with E-state index in [1.54, 1.807) is 12.1 Å². The SMILES string of the molecule is CN(CCOc1ccc(C#N)cc1)C1CCCCC1O. The molecule has 1 aromatic carbocycles. The lowest BCUT2D eigenvalue weighted by molar-refractivity contribution is 0.0272. The number of nitrogens with zero attached hydrogens (tertiary/aromatic N) is 2. The van der Waals surface area contributed by atoms with Crippen molar-refractivity contribution in [2.75, 3.05) is 20.2 Å². The highest BCUT2D eigenvalue weighted by Crippen LogP contribution is 2.22. The van der Waals surface area contributed by atoms with Gasteiger partial charge in [-0.05, 0) is 44.2 Å². The molecule has 0 radical (unpaired) electrons. The molecular formula is C16H22N2O2. The van der Waals surface area contributed by atoms with E-state index < -0.39 is 0 Å². The second-order valence-electron chi connectivity index (χ2n) is 5.38. The van der Waals surface area contributed by atoms with Crippen molar-refractivity contribution in [1.29, 1.82) is 5.26 Å². The Morgan fingerprint density at radius 3 is 2.65 bits per heavy atom. The van der Waals surface area contributed by atoms with Gasteiger partial charge in [-0.3, -0.25) is 4.90 Å². The molecule has 0 amide bonds. The zero-order valence-electron chi connectivity index (χ0n) is 12.0. The standard InChI is InChI=1S/C16H22N2O2/c1-18(15-4-2-3-5-16(15)19)10-11-20-14-8-6-13(12-17)7-9-14/h6-9,15-16,19H,2-5,10-11H2,1H3. The summed E-state index contributed by atoms with van der Waals surface area (Å²) in [6.07, 6.45) is 4.10. The second-order valence-corrected chi connectivity index (χ2v) is 5.38. The molecule has 2 unspecified atom stereocenters. The van der Waals surface area contributed by atoms with Gasteiger partial charge < -0.3 is 9.84 Å². The van der Waals surface area contributed by atoms with E-state index in [9.17, 15) is 5.11 Å².